The van der Waals surface area contributed by atoms with Gasteiger partial charge in [0.25, 0.3) is 5.56 Å². The third-order valence-electron chi connectivity index (χ3n) is 5.71. The van der Waals surface area contributed by atoms with Crippen LogP contribution in [0.2, 0.25) is 0 Å². The van der Waals surface area contributed by atoms with Gasteiger partial charge < -0.3 is 10.3 Å². The van der Waals surface area contributed by atoms with Crippen molar-refractivity contribution in [1.82, 2.24) is 18.7 Å². The zero-order valence-electron chi connectivity index (χ0n) is 18.9. The molecule has 2 heterocycles. The lowest BCUT2D eigenvalue weighted by molar-refractivity contribution is -0.141. The molecule has 0 amide bonds. The van der Waals surface area contributed by atoms with Gasteiger partial charge >= 0.3 is 11.9 Å². The Hall–Kier alpha value is -3.25. The maximum Gasteiger partial charge on any atom is 0.406 e. The number of nitrogens with two attached hydrogens (primary N) is 1. The highest BCUT2D eigenvalue weighted by Gasteiger charge is 2.31. The predicted octanol–water partition coefficient (Wildman–Crippen LogP) is 2.35. The summed E-state index contributed by atoms with van der Waals surface area (Å²) < 4.78 is 54.3. The zero-order chi connectivity index (χ0) is 25.3. The summed E-state index contributed by atoms with van der Waals surface area (Å²) in [6.45, 7) is -1.09. The Morgan fingerprint density at radius 2 is 1.77 bits per heavy atom. The maximum absolute atomic E-state index is 13.2. The summed E-state index contributed by atoms with van der Waals surface area (Å²) in [4.78, 5) is 30.5. The minimum Gasteiger partial charge on any atom is -0.326 e. The fraction of sp³-hybridized carbons (Fsp3) is 0.348. The highest BCUT2D eigenvalue weighted by atomic mass is 32.2. The van der Waals surface area contributed by atoms with Crippen molar-refractivity contribution in [2.75, 3.05) is 12.0 Å². The van der Waals surface area contributed by atoms with Crippen LogP contribution in [0.3, 0.4) is 0 Å². The van der Waals surface area contributed by atoms with Crippen molar-refractivity contribution in [1.29, 1.82) is 0 Å². The molecular weight excluding hydrogens is 483 g/mol. The second-order valence-electron chi connectivity index (χ2n) is 8.23. The first-order valence-corrected chi connectivity index (χ1v) is 12.6. The lowest BCUT2D eigenvalue weighted by Gasteiger charge is -2.16. The average Bonchev–Trinajstić information content (AvgIpc) is 3.14. The molecule has 0 aliphatic heterocycles. The fourth-order valence-electron chi connectivity index (χ4n) is 4.13. The Labute approximate surface area is 200 Å². The number of halogens is 3. The summed E-state index contributed by atoms with van der Waals surface area (Å²) >= 11 is 0. The van der Waals surface area contributed by atoms with Crippen LogP contribution in [-0.2, 0) is 37.0 Å². The van der Waals surface area contributed by atoms with E-state index < -0.39 is 34.8 Å². The molecule has 0 saturated carbocycles. The third-order valence-corrected chi connectivity index (χ3v) is 6.57. The van der Waals surface area contributed by atoms with E-state index in [0.29, 0.717) is 36.6 Å². The van der Waals surface area contributed by atoms with Crippen LogP contribution in [-0.4, -0.2) is 41.1 Å². The minimum atomic E-state index is -4.75. The van der Waals surface area contributed by atoms with Gasteiger partial charge in [-0.3, -0.25) is 18.1 Å². The van der Waals surface area contributed by atoms with Gasteiger partial charge in [0, 0.05) is 35.9 Å². The van der Waals surface area contributed by atoms with Gasteiger partial charge in [0.05, 0.1) is 28.5 Å². The first kappa shape index (κ1) is 24.9. The molecule has 0 aliphatic rings. The lowest BCUT2D eigenvalue weighted by Crippen LogP contribution is -2.43. The van der Waals surface area contributed by atoms with Gasteiger partial charge in [-0.2, -0.15) is 13.2 Å². The molecule has 0 bridgehead atoms. The van der Waals surface area contributed by atoms with E-state index in [1.807, 2.05) is 22.8 Å². The molecule has 186 valence electrons. The Morgan fingerprint density at radius 3 is 2.46 bits per heavy atom. The van der Waals surface area contributed by atoms with Crippen molar-refractivity contribution >= 4 is 32.7 Å². The molecule has 8 nitrogen and oxygen atoms in total. The Bertz CT molecular complexity index is 1540. The van der Waals surface area contributed by atoms with Gasteiger partial charge in [-0.25, -0.2) is 9.78 Å². The molecule has 0 radical (unpaired) electrons. The zero-order valence-corrected chi connectivity index (χ0v) is 19.7. The van der Waals surface area contributed by atoms with E-state index in [1.54, 1.807) is 12.3 Å². The van der Waals surface area contributed by atoms with Gasteiger partial charge in [-0.15, -0.1) is 0 Å². The second-order valence-corrected chi connectivity index (χ2v) is 9.78. The van der Waals surface area contributed by atoms with Crippen LogP contribution in [0, 0.1) is 0 Å². The number of aryl methyl sites for hydroxylation is 1. The van der Waals surface area contributed by atoms with Gasteiger partial charge in [0.2, 0.25) is 0 Å². The smallest absolute Gasteiger partial charge is 0.326 e. The molecule has 0 aliphatic carbocycles. The molecule has 0 fully saturated rings. The molecule has 0 saturated heterocycles. The first-order valence-electron chi connectivity index (χ1n) is 10.9. The number of nitrogens with zero attached hydrogens (tertiary/aromatic N) is 4. The van der Waals surface area contributed by atoms with Crippen LogP contribution in [0.1, 0.15) is 17.8 Å². The topological polar surface area (TPSA) is 105 Å². The van der Waals surface area contributed by atoms with E-state index in [1.165, 1.54) is 18.2 Å². The number of alkyl halides is 3. The Kier molecular flexibility index (Phi) is 6.95. The van der Waals surface area contributed by atoms with Crippen molar-refractivity contribution in [3.05, 3.63) is 74.7 Å². The van der Waals surface area contributed by atoms with Crippen molar-refractivity contribution in [3.63, 3.8) is 0 Å². The summed E-state index contributed by atoms with van der Waals surface area (Å²) in [7, 11) is -0.998. The molecule has 4 rings (SSSR count). The number of rotatable bonds is 8. The van der Waals surface area contributed by atoms with E-state index in [0.717, 1.165) is 15.6 Å². The number of benzene rings is 2. The molecule has 2 aromatic heterocycles. The van der Waals surface area contributed by atoms with Crippen LogP contribution in [0.15, 0.2) is 52.1 Å². The highest BCUT2D eigenvalue weighted by Crippen LogP contribution is 2.21. The molecule has 4 aromatic rings. The van der Waals surface area contributed by atoms with Gasteiger partial charge in [0.15, 0.2) is 0 Å². The molecule has 2 aromatic carbocycles. The molecular formula is C23H24F3N5O3S. The van der Waals surface area contributed by atoms with Gasteiger partial charge in [-0.05, 0) is 36.2 Å². The molecule has 12 heteroatoms. The first-order chi connectivity index (χ1) is 16.6. The van der Waals surface area contributed by atoms with Crippen LogP contribution in [0.25, 0.3) is 21.9 Å². The summed E-state index contributed by atoms with van der Waals surface area (Å²) in [6.07, 6.45) is -2.57. The summed E-state index contributed by atoms with van der Waals surface area (Å²) in [5.41, 5.74) is 6.15. The number of hydrogen-bond acceptors (Lipinski definition) is 5. The number of aromatic nitrogens is 4. The van der Waals surface area contributed by atoms with Crippen molar-refractivity contribution < 1.29 is 17.4 Å². The van der Waals surface area contributed by atoms with Crippen molar-refractivity contribution in [2.24, 2.45) is 5.73 Å². The van der Waals surface area contributed by atoms with Gasteiger partial charge in [-0.1, -0.05) is 18.2 Å². The number of hydrogen-bond donors (Lipinski definition) is 1. The van der Waals surface area contributed by atoms with Crippen molar-refractivity contribution in [3.8, 4) is 0 Å². The van der Waals surface area contributed by atoms with E-state index >= 15 is 0 Å². The monoisotopic (exact) mass is 507 g/mol. The molecule has 35 heavy (non-hydrogen) atoms. The van der Waals surface area contributed by atoms with Crippen LogP contribution < -0.4 is 17.0 Å². The van der Waals surface area contributed by atoms with E-state index in [4.69, 9.17) is 5.73 Å². The number of fused-ring (bicyclic) bond motifs is 2. The molecule has 1 atom stereocenters. The average molecular weight is 508 g/mol. The molecule has 0 spiro atoms. The Balaban J connectivity index is 1.90. The molecule has 2 N–H and O–H groups in total. The van der Waals surface area contributed by atoms with Crippen LogP contribution in [0.4, 0.5) is 13.2 Å². The quantitative estimate of drug-likeness (QED) is 0.394. The maximum atomic E-state index is 13.2. The largest absolute Gasteiger partial charge is 0.406 e. The van der Waals surface area contributed by atoms with Crippen LogP contribution in [0.5, 0.6) is 0 Å². The SMILES string of the molecule is CS(=O)CCCn1c(Cn2c(=O)n(CC(F)(F)F)c(=O)c3ccccc32)nc2cc(CN)ccc21. The van der Waals surface area contributed by atoms with E-state index in [-0.39, 0.29) is 22.0 Å². The predicted molar refractivity (Wildman–Crippen MR) is 129 cm³/mol. The fourth-order valence-corrected chi connectivity index (χ4v) is 4.67. The third kappa shape index (κ3) is 5.22. The lowest BCUT2D eigenvalue weighted by atomic mass is 10.2. The number of imidazole rings is 1. The second kappa shape index (κ2) is 9.78. The van der Waals surface area contributed by atoms with E-state index in [2.05, 4.69) is 4.98 Å². The molecule has 1 unspecified atom stereocenters. The standard InChI is InChI=1S/C23H24F3N5O3S/c1-35(34)10-4-9-29-19-8-7-15(12-27)11-17(19)28-20(29)13-30-18-6-3-2-5-16(18)21(32)31(22(30)33)14-23(24,25)26/h2-3,5-8,11H,4,9-10,12-14,27H2,1H3. The summed E-state index contributed by atoms with van der Waals surface area (Å²) in [5, 5.41) is 0.00538. The summed E-state index contributed by atoms with van der Waals surface area (Å²) in [6, 6.07) is 11.6. The van der Waals surface area contributed by atoms with Crippen LogP contribution >= 0.6 is 0 Å². The summed E-state index contributed by atoms with van der Waals surface area (Å²) in [5.74, 6) is 0.889. The van der Waals surface area contributed by atoms with Crippen molar-refractivity contribution in [2.45, 2.75) is 38.8 Å². The number of para-hydroxylation sites is 1. The highest BCUT2D eigenvalue weighted by molar-refractivity contribution is 7.84. The normalized spacial score (nSPS) is 13.1. The minimum absolute atomic E-state index is 0.00538. The van der Waals surface area contributed by atoms with E-state index in [9.17, 15) is 27.0 Å². The Morgan fingerprint density at radius 1 is 1.03 bits per heavy atom. The van der Waals surface area contributed by atoms with Gasteiger partial charge in [0.1, 0.15) is 12.4 Å².